The van der Waals surface area contributed by atoms with Crippen molar-refractivity contribution in [2.75, 3.05) is 24.2 Å². The predicted octanol–water partition coefficient (Wildman–Crippen LogP) is 5.03. The number of hydrogen-bond acceptors (Lipinski definition) is 6. The molecule has 1 N–H and O–H groups in total. The Morgan fingerprint density at radius 2 is 1.94 bits per heavy atom. The smallest absolute Gasteiger partial charge is 0.338 e. The highest BCUT2D eigenvalue weighted by molar-refractivity contribution is 8.13. The lowest BCUT2D eigenvalue weighted by atomic mass is 9.94. The molecule has 1 unspecified atom stereocenters. The number of carbonyl (C=O) groups excluding carboxylic acids is 2. The zero-order valence-electron chi connectivity index (χ0n) is 18.8. The molecule has 4 rings (SSSR count). The number of amides is 1. The van der Waals surface area contributed by atoms with Crippen molar-refractivity contribution >= 4 is 40.6 Å². The van der Waals surface area contributed by atoms with Crippen LogP contribution in [0.3, 0.4) is 0 Å². The number of benzene rings is 2. The summed E-state index contributed by atoms with van der Waals surface area (Å²) in [6, 6.07) is 17.1. The molecule has 7 heteroatoms. The highest BCUT2D eigenvalue weighted by Crippen LogP contribution is 2.40. The number of anilines is 1. The second kappa shape index (κ2) is 10.5. The molecule has 2 aliphatic rings. The van der Waals surface area contributed by atoms with E-state index in [4.69, 9.17) is 4.74 Å². The molecule has 2 heterocycles. The Bertz CT molecular complexity index is 1110. The SMILES string of the molecule is CCOC(=O)C1=C(C)N=C2SCCCN2C1c1ccc(NC(=O)C=Cc2ccccc2)cc1. The molecule has 6 nitrogen and oxygen atoms in total. The summed E-state index contributed by atoms with van der Waals surface area (Å²) in [7, 11) is 0. The van der Waals surface area contributed by atoms with Crippen LogP contribution >= 0.6 is 11.8 Å². The molecule has 0 spiro atoms. The number of nitrogens with zero attached hydrogens (tertiary/aromatic N) is 2. The van der Waals surface area contributed by atoms with Crippen LogP contribution in [0.15, 0.2) is 76.9 Å². The van der Waals surface area contributed by atoms with Crippen LogP contribution in [0.4, 0.5) is 5.69 Å². The van der Waals surface area contributed by atoms with Crippen molar-refractivity contribution in [3.63, 3.8) is 0 Å². The van der Waals surface area contributed by atoms with Crippen LogP contribution in [0.25, 0.3) is 6.08 Å². The van der Waals surface area contributed by atoms with E-state index in [1.165, 1.54) is 6.08 Å². The Balaban J connectivity index is 1.54. The molecule has 170 valence electrons. The molecule has 0 aromatic heterocycles. The van der Waals surface area contributed by atoms with Crippen molar-refractivity contribution in [1.82, 2.24) is 4.90 Å². The Kier molecular flexibility index (Phi) is 7.29. The summed E-state index contributed by atoms with van der Waals surface area (Å²) in [6.07, 6.45) is 4.32. The van der Waals surface area contributed by atoms with Gasteiger partial charge in [-0.1, -0.05) is 54.2 Å². The topological polar surface area (TPSA) is 71.0 Å². The van der Waals surface area contributed by atoms with Crippen molar-refractivity contribution in [3.05, 3.63) is 83.1 Å². The third kappa shape index (κ3) is 5.37. The zero-order chi connectivity index (χ0) is 23.2. The minimum atomic E-state index is -0.332. The zero-order valence-corrected chi connectivity index (χ0v) is 19.6. The quantitative estimate of drug-likeness (QED) is 0.483. The number of amidine groups is 1. The van der Waals surface area contributed by atoms with Gasteiger partial charge in [0, 0.05) is 24.1 Å². The van der Waals surface area contributed by atoms with Crippen molar-refractivity contribution in [2.24, 2.45) is 4.99 Å². The number of allylic oxidation sites excluding steroid dienone is 1. The van der Waals surface area contributed by atoms with E-state index in [1.807, 2.05) is 61.5 Å². The molecule has 1 amide bonds. The van der Waals surface area contributed by atoms with Crippen molar-refractivity contribution in [1.29, 1.82) is 0 Å². The summed E-state index contributed by atoms with van der Waals surface area (Å²) in [6.45, 7) is 4.82. The van der Waals surface area contributed by atoms with Gasteiger partial charge in [0.25, 0.3) is 0 Å². The molecule has 1 saturated heterocycles. The number of hydrogen-bond donors (Lipinski definition) is 1. The molecular weight excluding hydrogens is 434 g/mol. The molecule has 0 bridgehead atoms. The fourth-order valence-electron chi connectivity index (χ4n) is 3.95. The van der Waals surface area contributed by atoms with Gasteiger partial charge in [0.1, 0.15) is 0 Å². The average molecular weight is 462 g/mol. The number of rotatable bonds is 6. The molecule has 2 aromatic carbocycles. The number of aliphatic imine (C=N–C) groups is 1. The second-order valence-electron chi connectivity index (χ2n) is 7.77. The van der Waals surface area contributed by atoms with Crippen LogP contribution in [0.1, 0.15) is 37.4 Å². The number of esters is 1. The van der Waals surface area contributed by atoms with Gasteiger partial charge >= 0.3 is 5.97 Å². The molecule has 1 fully saturated rings. The lowest BCUT2D eigenvalue weighted by molar-refractivity contribution is -0.139. The highest BCUT2D eigenvalue weighted by Gasteiger charge is 2.37. The standard InChI is InChI=1S/C26H27N3O3S/c1-3-32-25(31)23-18(2)27-26-29(16-7-17-33-26)24(23)20-11-13-21(14-12-20)28-22(30)15-10-19-8-5-4-6-9-19/h4-6,8-15,24H,3,7,16-17H2,1-2H3,(H,28,30). The molecule has 0 saturated carbocycles. The molecule has 33 heavy (non-hydrogen) atoms. The van der Waals surface area contributed by atoms with E-state index >= 15 is 0 Å². The van der Waals surface area contributed by atoms with Crippen LogP contribution in [-0.4, -0.2) is 40.8 Å². The Labute approximate surface area is 198 Å². The van der Waals surface area contributed by atoms with E-state index in [-0.39, 0.29) is 17.9 Å². The highest BCUT2D eigenvalue weighted by atomic mass is 32.2. The molecule has 1 atom stereocenters. The molecular formula is C26H27N3O3S. The first kappa shape index (κ1) is 22.9. The minimum absolute atomic E-state index is 0.200. The molecule has 0 radical (unpaired) electrons. The van der Waals surface area contributed by atoms with Crippen LogP contribution < -0.4 is 5.32 Å². The third-order valence-corrected chi connectivity index (χ3v) is 6.55. The van der Waals surface area contributed by atoms with Crippen LogP contribution in [-0.2, 0) is 14.3 Å². The van der Waals surface area contributed by atoms with E-state index in [1.54, 1.807) is 24.8 Å². The van der Waals surface area contributed by atoms with Crippen molar-refractivity contribution in [2.45, 2.75) is 26.3 Å². The van der Waals surface area contributed by atoms with Gasteiger partial charge in [-0.25, -0.2) is 9.79 Å². The van der Waals surface area contributed by atoms with E-state index < -0.39 is 0 Å². The summed E-state index contributed by atoms with van der Waals surface area (Å²) in [5, 5.41) is 3.84. The summed E-state index contributed by atoms with van der Waals surface area (Å²) in [5.74, 6) is 0.488. The van der Waals surface area contributed by atoms with Crippen molar-refractivity contribution < 1.29 is 14.3 Å². The number of ether oxygens (including phenoxy) is 1. The van der Waals surface area contributed by atoms with E-state index in [0.717, 1.165) is 35.0 Å². The third-order valence-electron chi connectivity index (χ3n) is 5.47. The summed E-state index contributed by atoms with van der Waals surface area (Å²) < 4.78 is 5.36. The number of carbonyl (C=O) groups is 2. The monoisotopic (exact) mass is 461 g/mol. The predicted molar refractivity (Wildman–Crippen MR) is 134 cm³/mol. The molecule has 2 aliphatic heterocycles. The van der Waals surface area contributed by atoms with E-state index in [9.17, 15) is 9.59 Å². The van der Waals surface area contributed by atoms with Gasteiger partial charge in [0.15, 0.2) is 5.17 Å². The number of fused-ring (bicyclic) bond motifs is 1. The maximum Gasteiger partial charge on any atom is 0.338 e. The minimum Gasteiger partial charge on any atom is -0.463 e. The largest absolute Gasteiger partial charge is 0.463 e. The maximum atomic E-state index is 12.8. The van der Waals surface area contributed by atoms with Gasteiger partial charge in [0.05, 0.1) is 23.9 Å². The normalized spacial score (nSPS) is 18.1. The van der Waals surface area contributed by atoms with Gasteiger partial charge in [-0.3, -0.25) is 4.79 Å². The van der Waals surface area contributed by atoms with E-state index in [2.05, 4.69) is 15.2 Å². The first-order chi connectivity index (χ1) is 16.1. The molecule has 0 aliphatic carbocycles. The Morgan fingerprint density at radius 3 is 2.67 bits per heavy atom. The molecule has 2 aromatic rings. The average Bonchev–Trinajstić information content (AvgIpc) is 2.83. The second-order valence-corrected chi connectivity index (χ2v) is 8.83. The fraction of sp³-hybridized carbons (Fsp3) is 0.269. The van der Waals surface area contributed by atoms with Gasteiger partial charge in [-0.15, -0.1) is 0 Å². The number of thioether (sulfide) groups is 1. The van der Waals surface area contributed by atoms with Crippen LogP contribution in [0, 0.1) is 0 Å². The maximum absolute atomic E-state index is 12.8. The van der Waals surface area contributed by atoms with Gasteiger partial charge in [-0.05, 0) is 49.6 Å². The summed E-state index contributed by atoms with van der Waals surface area (Å²) in [5.41, 5.74) is 3.89. The van der Waals surface area contributed by atoms with Gasteiger partial charge < -0.3 is 15.0 Å². The Morgan fingerprint density at radius 1 is 1.18 bits per heavy atom. The van der Waals surface area contributed by atoms with Gasteiger partial charge in [-0.2, -0.15) is 0 Å². The first-order valence-corrected chi connectivity index (χ1v) is 12.1. The van der Waals surface area contributed by atoms with E-state index in [0.29, 0.717) is 23.6 Å². The van der Waals surface area contributed by atoms with Crippen molar-refractivity contribution in [3.8, 4) is 0 Å². The van der Waals surface area contributed by atoms with Crippen LogP contribution in [0.2, 0.25) is 0 Å². The van der Waals surface area contributed by atoms with Gasteiger partial charge in [0.2, 0.25) is 5.91 Å². The fourth-order valence-corrected chi connectivity index (χ4v) is 4.97. The lowest BCUT2D eigenvalue weighted by Crippen LogP contribution is -2.42. The summed E-state index contributed by atoms with van der Waals surface area (Å²) in [4.78, 5) is 32.0. The lowest BCUT2D eigenvalue weighted by Gasteiger charge is -2.40. The van der Waals surface area contributed by atoms with Crippen LogP contribution in [0.5, 0.6) is 0 Å². The summed E-state index contributed by atoms with van der Waals surface area (Å²) >= 11 is 1.72. The Hall–Kier alpha value is -3.32. The first-order valence-electron chi connectivity index (χ1n) is 11.1. The number of nitrogens with one attached hydrogen (secondary N) is 1.